The molecule has 0 aliphatic heterocycles. The van der Waals surface area contributed by atoms with Crippen molar-refractivity contribution in [1.29, 1.82) is 0 Å². The summed E-state index contributed by atoms with van der Waals surface area (Å²) < 4.78 is 10.9. The van der Waals surface area contributed by atoms with Crippen molar-refractivity contribution < 1.29 is 13.9 Å². The first-order chi connectivity index (χ1) is 12.7. The number of nitrogens with zero attached hydrogens (tertiary/aromatic N) is 4. The molecule has 0 radical (unpaired) electrons. The summed E-state index contributed by atoms with van der Waals surface area (Å²) in [6.45, 7) is 0.466. The molecule has 0 unspecified atom stereocenters. The Morgan fingerprint density at radius 1 is 1.23 bits per heavy atom. The molecule has 3 rings (SSSR count). The lowest BCUT2D eigenvalue weighted by atomic mass is 10.2. The fraction of sp³-hybridized carbons (Fsp3) is 0.222. The van der Waals surface area contributed by atoms with Crippen molar-refractivity contribution in [2.24, 2.45) is 0 Å². The number of aromatic nitrogens is 3. The van der Waals surface area contributed by atoms with Gasteiger partial charge in [0.25, 0.3) is 5.22 Å². The van der Waals surface area contributed by atoms with Gasteiger partial charge in [-0.1, -0.05) is 30.0 Å². The molecule has 134 valence electrons. The van der Waals surface area contributed by atoms with Crippen LogP contribution in [0.25, 0.3) is 11.5 Å². The molecule has 2 aromatic heterocycles. The second kappa shape index (κ2) is 8.48. The third-order valence-electron chi connectivity index (χ3n) is 3.66. The standard InChI is InChI=1S/C18H18N4O3S/c1-22(11-14-6-3-4-8-15(14)24-2)16(23)12-26-18-21-20-17(25-18)13-7-5-9-19-10-13/h3-10H,11-12H2,1-2H3. The SMILES string of the molecule is COc1ccccc1CN(C)C(=O)CSc1nnc(-c2cccnc2)o1. The fourth-order valence-electron chi connectivity index (χ4n) is 2.28. The molecular formula is C18H18N4O3S. The number of benzene rings is 1. The van der Waals surface area contributed by atoms with E-state index in [4.69, 9.17) is 9.15 Å². The van der Waals surface area contributed by atoms with Crippen molar-refractivity contribution in [2.75, 3.05) is 19.9 Å². The van der Waals surface area contributed by atoms with Crippen LogP contribution in [0, 0.1) is 0 Å². The van der Waals surface area contributed by atoms with Gasteiger partial charge in [0.15, 0.2) is 0 Å². The molecule has 0 bridgehead atoms. The zero-order chi connectivity index (χ0) is 18.4. The number of ether oxygens (including phenoxy) is 1. The lowest BCUT2D eigenvalue weighted by Gasteiger charge is -2.18. The summed E-state index contributed by atoms with van der Waals surface area (Å²) in [7, 11) is 3.37. The van der Waals surface area contributed by atoms with Crippen LogP contribution in [0.2, 0.25) is 0 Å². The topological polar surface area (TPSA) is 81.4 Å². The van der Waals surface area contributed by atoms with Crippen LogP contribution in [0.3, 0.4) is 0 Å². The number of methoxy groups -OCH3 is 1. The first-order valence-electron chi connectivity index (χ1n) is 7.90. The molecule has 0 aliphatic carbocycles. The van der Waals surface area contributed by atoms with Gasteiger partial charge in [0.1, 0.15) is 5.75 Å². The fourth-order valence-corrected chi connectivity index (χ4v) is 2.99. The Bertz CT molecular complexity index is 870. The Kier molecular flexibility index (Phi) is 5.85. The maximum atomic E-state index is 12.4. The van der Waals surface area contributed by atoms with Gasteiger partial charge >= 0.3 is 0 Å². The van der Waals surface area contributed by atoms with E-state index in [1.165, 1.54) is 11.8 Å². The van der Waals surface area contributed by atoms with Crippen LogP contribution in [-0.4, -0.2) is 45.9 Å². The first-order valence-corrected chi connectivity index (χ1v) is 8.88. The quantitative estimate of drug-likeness (QED) is 0.592. The molecule has 0 fully saturated rings. The van der Waals surface area contributed by atoms with Gasteiger partial charge in [-0.3, -0.25) is 9.78 Å². The Balaban J connectivity index is 1.56. The van der Waals surface area contributed by atoms with Crippen molar-refractivity contribution >= 4 is 17.7 Å². The summed E-state index contributed by atoms with van der Waals surface area (Å²) in [6, 6.07) is 11.3. The Morgan fingerprint density at radius 3 is 2.85 bits per heavy atom. The van der Waals surface area contributed by atoms with Gasteiger partial charge in [0.2, 0.25) is 11.8 Å². The molecule has 0 saturated carbocycles. The van der Waals surface area contributed by atoms with Crippen LogP contribution in [0.1, 0.15) is 5.56 Å². The second-order valence-electron chi connectivity index (χ2n) is 5.47. The minimum atomic E-state index is -0.0398. The largest absolute Gasteiger partial charge is 0.496 e. The molecular weight excluding hydrogens is 352 g/mol. The minimum absolute atomic E-state index is 0.0398. The van der Waals surface area contributed by atoms with Crippen LogP contribution in [0.15, 0.2) is 58.4 Å². The molecule has 0 atom stereocenters. The number of carbonyl (C=O) groups excluding carboxylic acids is 1. The highest BCUT2D eigenvalue weighted by Gasteiger charge is 2.15. The highest BCUT2D eigenvalue weighted by atomic mass is 32.2. The monoisotopic (exact) mass is 370 g/mol. The van der Waals surface area contributed by atoms with E-state index in [-0.39, 0.29) is 11.7 Å². The highest BCUT2D eigenvalue weighted by Crippen LogP contribution is 2.23. The Morgan fingerprint density at radius 2 is 2.08 bits per heavy atom. The summed E-state index contributed by atoms with van der Waals surface area (Å²) in [4.78, 5) is 18.0. The van der Waals surface area contributed by atoms with E-state index in [0.29, 0.717) is 17.7 Å². The van der Waals surface area contributed by atoms with Crippen LogP contribution in [-0.2, 0) is 11.3 Å². The minimum Gasteiger partial charge on any atom is -0.496 e. The van der Waals surface area contributed by atoms with E-state index in [9.17, 15) is 4.79 Å². The number of hydrogen-bond acceptors (Lipinski definition) is 7. The molecule has 0 N–H and O–H groups in total. The Hall–Kier alpha value is -2.87. The van der Waals surface area contributed by atoms with E-state index in [1.54, 1.807) is 37.5 Å². The van der Waals surface area contributed by atoms with Crippen LogP contribution >= 0.6 is 11.8 Å². The summed E-state index contributed by atoms with van der Waals surface area (Å²) in [5.41, 5.74) is 1.69. The van der Waals surface area contributed by atoms with Crippen molar-refractivity contribution in [3.8, 4) is 17.2 Å². The van der Waals surface area contributed by atoms with Gasteiger partial charge in [0, 0.05) is 31.5 Å². The van der Waals surface area contributed by atoms with Crippen LogP contribution < -0.4 is 4.74 Å². The van der Waals surface area contributed by atoms with Crippen LogP contribution in [0.4, 0.5) is 0 Å². The summed E-state index contributed by atoms with van der Waals surface area (Å²) in [6.07, 6.45) is 3.32. The van der Waals surface area contributed by atoms with Crippen molar-refractivity contribution in [3.05, 3.63) is 54.4 Å². The van der Waals surface area contributed by atoms with E-state index in [1.807, 2.05) is 30.3 Å². The number of pyridine rings is 1. The van der Waals surface area contributed by atoms with Crippen molar-refractivity contribution in [2.45, 2.75) is 11.8 Å². The second-order valence-corrected chi connectivity index (χ2v) is 6.39. The maximum absolute atomic E-state index is 12.4. The molecule has 1 amide bonds. The molecule has 8 heteroatoms. The summed E-state index contributed by atoms with van der Waals surface area (Å²) >= 11 is 1.21. The van der Waals surface area contributed by atoms with Crippen molar-refractivity contribution in [1.82, 2.24) is 20.1 Å². The predicted molar refractivity (Wildman–Crippen MR) is 97.7 cm³/mol. The van der Waals surface area contributed by atoms with E-state index in [0.717, 1.165) is 16.9 Å². The number of hydrogen-bond donors (Lipinski definition) is 0. The van der Waals surface area contributed by atoms with Gasteiger partial charge < -0.3 is 14.1 Å². The lowest BCUT2D eigenvalue weighted by Crippen LogP contribution is -2.28. The zero-order valence-corrected chi connectivity index (χ0v) is 15.3. The normalized spacial score (nSPS) is 10.5. The lowest BCUT2D eigenvalue weighted by molar-refractivity contribution is -0.127. The molecule has 2 heterocycles. The molecule has 0 aliphatic rings. The van der Waals surface area contributed by atoms with E-state index in [2.05, 4.69) is 15.2 Å². The average molecular weight is 370 g/mol. The molecule has 0 spiro atoms. The van der Waals surface area contributed by atoms with Gasteiger partial charge in [-0.25, -0.2) is 0 Å². The third-order valence-corrected chi connectivity index (χ3v) is 4.46. The molecule has 1 aromatic carbocycles. The number of para-hydroxylation sites is 1. The van der Waals surface area contributed by atoms with Crippen molar-refractivity contribution in [3.63, 3.8) is 0 Å². The Labute approximate surface area is 155 Å². The number of rotatable bonds is 7. The predicted octanol–water partition coefficient (Wildman–Crippen LogP) is 2.89. The van der Waals surface area contributed by atoms with Gasteiger partial charge in [-0.15, -0.1) is 10.2 Å². The smallest absolute Gasteiger partial charge is 0.277 e. The van der Waals surface area contributed by atoms with E-state index < -0.39 is 0 Å². The van der Waals surface area contributed by atoms with Crippen LogP contribution in [0.5, 0.6) is 5.75 Å². The van der Waals surface area contributed by atoms with E-state index >= 15 is 0 Å². The molecule has 26 heavy (non-hydrogen) atoms. The molecule has 3 aromatic rings. The molecule has 7 nitrogen and oxygen atoms in total. The number of amides is 1. The first kappa shape index (κ1) is 17.9. The summed E-state index contributed by atoms with van der Waals surface area (Å²) in [5, 5.41) is 8.29. The van der Waals surface area contributed by atoms with Gasteiger partial charge in [-0.2, -0.15) is 0 Å². The summed E-state index contributed by atoms with van der Waals surface area (Å²) in [5.74, 6) is 1.32. The number of thioether (sulfide) groups is 1. The third kappa shape index (κ3) is 4.40. The average Bonchev–Trinajstić information content (AvgIpc) is 3.16. The highest BCUT2D eigenvalue weighted by molar-refractivity contribution is 7.99. The van der Waals surface area contributed by atoms with Gasteiger partial charge in [-0.05, 0) is 18.2 Å². The number of carbonyl (C=O) groups is 1. The van der Waals surface area contributed by atoms with Gasteiger partial charge in [0.05, 0.1) is 18.4 Å². The zero-order valence-electron chi connectivity index (χ0n) is 14.5. The molecule has 0 saturated heterocycles. The maximum Gasteiger partial charge on any atom is 0.277 e.